The number of nitrogens with zero attached hydrogens (tertiary/aromatic N) is 2. The van der Waals surface area contributed by atoms with Gasteiger partial charge in [0.25, 0.3) is 5.56 Å². The number of unbranched alkanes of at least 4 members (excludes halogenated alkanes) is 1. The van der Waals surface area contributed by atoms with Crippen molar-refractivity contribution in [2.45, 2.75) is 51.7 Å². The quantitative estimate of drug-likeness (QED) is 0.810. The molecule has 21 heavy (non-hydrogen) atoms. The van der Waals surface area contributed by atoms with Gasteiger partial charge in [0.15, 0.2) is 0 Å². The monoisotopic (exact) mass is 293 g/mol. The Morgan fingerprint density at radius 2 is 2.43 bits per heavy atom. The Labute approximate surface area is 124 Å². The van der Waals surface area contributed by atoms with E-state index in [4.69, 9.17) is 4.74 Å². The summed E-state index contributed by atoms with van der Waals surface area (Å²) in [5, 5.41) is 2.80. The highest BCUT2D eigenvalue weighted by Gasteiger charge is 2.16. The molecule has 1 aliphatic rings. The molecular formula is C15H23N3O3. The van der Waals surface area contributed by atoms with E-state index < -0.39 is 0 Å². The number of hydrogen-bond donors (Lipinski definition) is 1. The fourth-order valence-electron chi connectivity index (χ4n) is 2.32. The third kappa shape index (κ3) is 4.97. The van der Waals surface area contributed by atoms with Gasteiger partial charge in [0.2, 0.25) is 5.91 Å². The maximum atomic E-state index is 11.9. The van der Waals surface area contributed by atoms with Crippen LogP contribution in [0.15, 0.2) is 17.2 Å². The smallest absolute Gasteiger partial charge is 0.253 e. The molecule has 0 aromatic carbocycles. The molecule has 1 aromatic rings. The van der Waals surface area contributed by atoms with Gasteiger partial charge in [-0.15, -0.1) is 0 Å². The van der Waals surface area contributed by atoms with Gasteiger partial charge in [0.05, 0.1) is 12.4 Å². The summed E-state index contributed by atoms with van der Waals surface area (Å²) in [6.45, 7) is 3.38. The normalized spacial score (nSPS) is 17.9. The molecule has 0 saturated carbocycles. The molecule has 0 bridgehead atoms. The average molecular weight is 293 g/mol. The van der Waals surface area contributed by atoms with Crippen LogP contribution >= 0.6 is 0 Å². The first-order valence-electron chi connectivity index (χ1n) is 7.62. The van der Waals surface area contributed by atoms with Gasteiger partial charge in [-0.1, -0.05) is 13.3 Å². The molecule has 2 heterocycles. The van der Waals surface area contributed by atoms with Gasteiger partial charge in [0, 0.05) is 24.9 Å². The van der Waals surface area contributed by atoms with Crippen molar-refractivity contribution in [2.75, 3.05) is 13.2 Å². The molecule has 1 unspecified atom stereocenters. The van der Waals surface area contributed by atoms with Crippen molar-refractivity contribution in [3.05, 3.63) is 28.4 Å². The van der Waals surface area contributed by atoms with Crippen LogP contribution in [0.25, 0.3) is 0 Å². The molecular weight excluding hydrogens is 270 g/mol. The number of carbonyl (C=O) groups excluding carboxylic acids is 1. The Kier molecular flexibility index (Phi) is 5.92. The second-order valence-corrected chi connectivity index (χ2v) is 5.39. The summed E-state index contributed by atoms with van der Waals surface area (Å²) in [4.78, 5) is 28.0. The minimum atomic E-state index is -0.185. The fourth-order valence-corrected chi connectivity index (χ4v) is 2.32. The van der Waals surface area contributed by atoms with Crippen LogP contribution in [0.4, 0.5) is 0 Å². The first-order chi connectivity index (χ1) is 10.2. The molecule has 6 heteroatoms. The van der Waals surface area contributed by atoms with Crippen LogP contribution in [0.3, 0.4) is 0 Å². The standard InChI is InChI=1S/C15H23N3O3/c1-2-3-5-12-8-15(20)18(11-17-12)10-14(19)16-9-13-6-4-7-21-13/h8,11,13H,2-7,9-10H2,1H3,(H,16,19). The highest BCUT2D eigenvalue weighted by molar-refractivity contribution is 5.75. The summed E-state index contributed by atoms with van der Waals surface area (Å²) in [5.41, 5.74) is 0.612. The lowest BCUT2D eigenvalue weighted by molar-refractivity contribution is -0.122. The van der Waals surface area contributed by atoms with E-state index in [1.807, 2.05) is 0 Å². The van der Waals surface area contributed by atoms with E-state index in [9.17, 15) is 9.59 Å². The molecule has 1 fully saturated rings. The highest BCUT2D eigenvalue weighted by Crippen LogP contribution is 2.10. The predicted octanol–water partition coefficient (Wildman–Crippen LogP) is 0.881. The number of hydrogen-bond acceptors (Lipinski definition) is 4. The summed E-state index contributed by atoms with van der Waals surface area (Å²) in [7, 11) is 0. The third-order valence-corrected chi connectivity index (χ3v) is 3.59. The van der Waals surface area contributed by atoms with Crippen molar-refractivity contribution in [1.82, 2.24) is 14.9 Å². The number of amides is 1. The molecule has 1 aliphatic heterocycles. The number of aromatic nitrogens is 2. The minimum Gasteiger partial charge on any atom is -0.376 e. The van der Waals surface area contributed by atoms with E-state index >= 15 is 0 Å². The maximum absolute atomic E-state index is 11.9. The lowest BCUT2D eigenvalue weighted by atomic mass is 10.2. The summed E-state index contributed by atoms with van der Waals surface area (Å²) in [6.07, 6.45) is 6.47. The SMILES string of the molecule is CCCCc1cc(=O)n(CC(=O)NCC2CCCO2)cn1. The Morgan fingerprint density at radius 3 is 3.10 bits per heavy atom. The number of nitrogens with one attached hydrogen (secondary N) is 1. The van der Waals surface area contributed by atoms with E-state index in [1.165, 1.54) is 17.0 Å². The van der Waals surface area contributed by atoms with E-state index in [1.54, 1.807) is 0 Å². The molecule has 0 aliphatic carbocycles. The third-order valence-electron chi connectivity index (χ3n) is 3.59. The van der Waals surface area contributed by atoms with Crippen molar-refractivity contribution < 1.29 is 9.53 Å². The lowest BCUT2D eigenvalue weighted by Gasteiger charge is -2.11. The van der Waals surface area contributed by atoms with Crippen molar-refractivity contribution in [2.24, 2.45) is 0 Å². The molecule has 0 radical (unpaired) electrons. The summed E-state index contributed by atoms with van der Waals surface area (Å²) >= 11 is 0. The van der Waals surface area contributed by atoms with Gasteiger partial charge in [-0.2, -0.15) is 0 Å². The van der Waals surface area contributed by atoms with E-state index in [2.05, 4.69) is 17.2 Å². The molecule has 0 spiro atoms. The second kappa shape index (κ2) is 7.93. The van der Waals surface area contributed by atoms with Crippen LogP contribution < -0.4 is 10.9 Å². The van der Waals surface area contributed by atoms with Gasteiger partial charge in [-0.3, -0.25) is 14.2 Å². The summed E-state index contributed by atoms with van der Waals surface area (Å²) < 4.78 is 6.77. The van der Waals surface area contributed by atoms with Crippen LogP contribution in [-0.2, 0) is 22.5 Å². The Bertz CT molecular complexity index is 521. The average Bonchev–Trinajstić information content (AvgIpc) is 2.99. The van der Waals surface area contributed by atoms with Gasteiger partial charge >= 0.3 is 0 Å². The fraction of sp³-hybridized carbons (Fsp3) is 0.667. The van der Waals surface area contributed by atoms with Crippen molar-refractivity contribution in [3.63, 3.8) is 0 Å². The Hall–Kier alpha value is -1.69. The zero-order valence-electron chi connectivity index (χ0n) is 12.5. The largest absolute Gasteiger partial charge is 0.376 e. The first-order valence-corrected chi connectivity index (χ1v) is 7.62. The van der Waals surface area contributed by atoms with Gasteiger partial charge in [-0.05, 0) is 25.7 Å². The maximum Gasteiger partial charge on any atom is 0.253 e. The van der Waals surface area contributed by atoms with Crippen molar-refractivity contribution >= 4 is 5.91 Å². The molecule has 2 rings (SSSR count). The molecule has 1 atom stereocenters. The number of aryl methyl sites for hydroxylation is 1. The summed E-state index contributed by atoms with van der Waals surface area (Å²) in [5.74, 6) is -0.185. The second-order valence-electron chi connectivity index (χ2n) is 5.39. The Morgan fingerprint density at radius 1 is 1.57 bits per heavy atom. The number of ether oxygens (including phenoxy) is 1. The van der Waals surface area contributed by atoms with E-state index in [0.717, 1.165) is 44.4 Å². The van der Waals surface area contributed by atoms with E-state index in [-0.39, 0.29) is 24.1 Å². The van der Waals surface area contributed by atoms with E-state index in [0.29, 0.717) is 6.54 Å². The number of rotatable bonds is 7. The first kappa shape index (κ1) is 15.7. The molecule has 1 N–H and O–H groups in total. The summed E-state index contributed by atoms with van der Waals surface area (Å²) in [6, 6.07) is 1.52. The predicted molar refractivity (Wildman–Crippen MR) is 79.1 cm³/mol. The van der Waals surface area contributed by atoms with Crippen LogP contribution in [0, 0.1) is 0 Å². The topological polar surface area (TPSA) is 73.2 Å². The van der Waals surface area contributed by atoms with Gasteiger partial charge in [0.1, 0.15) is 6.54 Å². The number of carbonyl (C=O) groups is 1. The molecule has 1 saturated heterocycles. The van der Waals surface area contributed by atoms with Crippen LogP contribution in [0.1, 0.15) is 38.3 Å². The van der Waals surface area contributed by atoms with Crippen molar-refractivity contribution in [3.8, 4) is 0 Å². The van der Waals surface area contributed by atoms with Crippen LogP contribution in [0.2, 0.25) is 0 Å². The van der Waals surface area contributed by atoms with Crippen molar-refractivity contribution in [1.29, 1.82) is 0 Å². The Balaban J connectivity index is 1.83. The highest BCUT2D eigenvalue weighted by atomic mass is 16.5. The zero-order chi connectivity index (χ0) is 15.1. The zero-order valence-corrected chi connectivity index (χ0v) is 12.5. The molecule has 1 amide bonds. The molecule has 1 aromatic heterocycles. The van der Waals surface area contributed by atoms with Crippen LogP contribution in [0.5, 0.6) is 0 Å². The minimum absolute atomic E-state index is 0.00656. The van der Waals surface area contributed by atoms with Gasteiger partial charge < -0.3 is 10.1 Å². The lowest BCUT2D eigenvalue weighted by Crippen LogP contribution is -2.36. The molecule has 116 valence electrons. The van der Waals surface area contributed by atoms with Crippen LogP contribution in [-0.4, -0.2) is 34.7 Å². The van der Waals surface area contributed by atoms with Gasteiger partial charge in [-0.25, -0.2) is 4.98 Å². The molecule has 6 nitrogen and oxygen atoms in total.